The van der Waals surface area contributed by atoms with Gasteiger partial charge in [0.15, 0.2) is 5.96 Å². The molecule has 2 unspecified atom stereocenters. The van der Waals surface area contributed by atoms with Crippen LogP contribution in [0.25, 0.3) is 0 Å². The van der Waals surface area contributed by atoms with Crippen LogP contribution in [0.5, 0.6) is 0 Å². The molecule has 0 aliphatic carbocycles. The van der Waals surface area contributed by atoms with Gasteiger partial charge in [0.2, 0.25) is 0 Å². The lowest BCUT2D eigenvalue weighted by Gasteiger charge is -2.32. The largest absolute Gasteiger partial charge is 0.381 e. The van der Waals surface area contributed by atoms with E-state index in [9.17, 15) is 0 Å². The van der Waals surface area contributed by atoms with Crippen molar-refractivity contribution in [2.75, 3.05) is 39.5 Å². The molecule has 17 heavy (non-hydrogen) atoms. The Morgan fingerprint density at radius 1 is 1.47 bits per heavy atom. The molecular formula is C12H23N3O2. The van der Waals surface area contributed by atoms with Gasteiger partial charge in [0, 0.05) is 32.2 Å². The predicted octanol–water partition coefficient (Wildman–Crippen LogP) is 0.448. The lowest BCUT2D eigenvalue weighted by Crippen LogP contribution is -2.48. The van der Waals surface area contributed by atoms with E-state index in [-0.39, 0.29) is 6.10 Å². The highest BCUT2D eigenvalue weighted by molar-refractivity contribution is 5.78. The molecule has 2 rings (SSSR count). The van der Waals surface area contributed by atoms with Gasteiger partial charge in [0.25, 0.3) is 0 Å². The van der Waals surface area contributed by atoms with Crippen molar-refractivity contribution in [3.8, 4) is 0 Å². The van der Waals surface area contributed by atoms with Crippen molar-refractivity contribution >= 4 is 5.96 Å². The minimum absolute atomic E-state index is 0.246. The van der Waals surface area contributed by atoms with Crippen molar-refractivity contribution in [3.05, 3.63) is 0 Å². The first-order chi connectivity index (χ1) is 8.25. The number of guanidine groups is 1. The van der Waals surface area contributed by atoms with Crippen LogP contribution in [0.3, 0.4) is 0 Å². The van der Waals surface area contributed by atoms with Crippen LogP contribution in [0.1, 0.15) is 19.8 Å². The third-order valence-electron chi connectivity index (χ3n) is 3.33. The summed E-state index contributed by atoms with van der Waals surface area (Å²) >= 11 is 0. The van der Waals surface area contributed by atoms with Crippen molar-refractivity contribution in [2.24, 2.45) is 16.6 Å². The number of nitrogens with zero attached hydrogens (tertiary/aromatic N) is 2. The monoisotopic (exact) mass is 241 g/mol. The quantitative estimate of drug-likeness (QED) is 0.563. The van der Waals surface area contributed by atoms with Crippen LogP contribution in [-0.2, 0) is 9.47 Å². The molecule has 0 amide bonds. The first-order valence-electron chi connectivity index (χ1n) is 6.50. The average Bonchev–Trinajstić information content (AvgIpc) is 2.37. The summed E-state index contributed by atoms with van der Waals surface area (Å²) in [7, 11) is 0. The average molecular weight is 241 g/mol. The zero-order chi connectivity index (χ0) is 12.1. The van der Waals surface area contributed by atoms with E-state index in [1.165, 1.54) is 6.42 Å². The summed E-state index contributed by atoms with van der Waals surface area (Å²) in [6.07, 6.45) is 2.60. The number of nitrogens with two attached hydrogens (primary N) is 1. The number of hydrogen-bond acceptors (Lipinski definition) is 3. The zero-order valence-corrected chi connectivity index (χ0v) is 10.6. The number of ether oxygens (including phenoxy) is 2. The second-order valence-electron chi connectivity index (χ2n) is 4.91. The summed E-state index contributed by atoms with van der Waals surface area (Å²) in [5.74, 6) is 1.20. The molecule has 2 saturated heterocycles. The first-order valence-corrected chi connectivity index (χ1v) is 6.50. The first kappa shape index (κ1) is 12.6. The Kier molecular flexibility index (Phi) is 4.62. The molecule has 5 heteroatoms. The van der Waals surface area contributed by atoms with E-state index in [2.05, 4.69) is 16.8 Å². The molecule has 2 aliphatic heterocycles. The van der Waals surface area contributed by atoms with E-state index >= 15 is 0 Å². The molecule has 98 valence electrons. The highest BCUT2D eigenvalue weighted by Gasteiger charge is 2.19. The van der Waals surface area contributed by atoms with Crippen LogP contribution in [0.2, 0.25) is 0 Å². The summed E-state index contributed by atoms with van der Waals surface area (Å²) in [5, 5.41) is 0. The van der Waals surface area contributed by atoms with Gasteiger partial charge in [0.05, 0.1) is 19.3 Å². The summed E-state index contributed by atoms with van der Waals surface area (Å²) < 4.78 is 10.9. The molecule has 0 aromatic carbocycles. The van der Waals surface area contributed by atoms with Gasteiger partial charge in [0.1, 0.15) is 0 Å². The van der Waals surface area contributed by atoms with Crippen molar-refractivity contribution in [1.29, 1.82) is 0 Å². The molecule has 0 aromatic rings. The molecule has 2 atom stereocenters. The highest BCUT2D eigenvalue weighted by Crippen LogP contribution is 2.13. The smallest absolute Gasteiger partial charge is 0.191 e. The Morgan fingerprint density at radius 2 is 2.35 bits per heavy atom. The minimum atomic E-state index is 0.246. The topological polar surface area (TPSA) is 60.1 Å². The molecule has 5 nitrogen and oxygen atoms in total. The second kappa shape index (κ2) is 6.21. The highest BCUT2D eigenvalue weighted by atomic mass is 16.5. The van der Waals surface area contributed by atoms with Crippen LogP contribution in [0.15, 0.2) is 4.99 Å². The Hall–Kier alpha value is -0.810. The fourth-order valence-corrected chi connectivity index (χ4v) is 2.30. The van der Waals surface area contributed by atoms with E-state index < -0.39 is 0 Å². The standard InChI is InChI=1S/C12H23N3O2/c1-10-8-15(4-6-17-10)12(13)14-7-11-3-2-5-16-9-11/h10-11H,2-9H2,1H3,(H2,13,14). The maximum absolute atomic E-state index is 6.01. The summed E-state index contributed by atoms with van der Waals surface area (Å²) in [6.45, 7) is 7.01. The molecule has 0 saturated carbocycles. The van der Waals surface area contributed by atoms with Gasteiger partial charge in [-0.1, -0.05) is 0 Å². The van der Waals surface area contributed by atoms with Crippen LogP contribution in [-0.4, -0.2) is 56.4 Å². The number of rotatable bonds is 2. The number of aliphatic imine (C=N–C) groups is 1. The molecule has 2 aliphatic rings. The fourth-order valence-electron chi connectivity index (χ4n) is 2.30. The van der Waals surface area contributed by atoms with Crippen molar-refractivity contribution in [1.82, 2.24) is 4.90 Å². The van der Waals surface area contributed by atoms with Gasteiger partial charge in [-0.25, -0.2) is 0 Å². The molecule has 2 N–H and O–H groups in total. The van der Waals surface area contributed by atoms with E-state index in [0.29, 0.717) is 11.9 Å². The molecule has 0 spiro atoms. The van der Waals surface area contributed by atoms with Gasteiger partial charge in [-0.2, -0.15) is 0 Å². The Balaban J connectivity index is 1.79. The maximum atomic E-state index is 6.01. The lowest BCUT2D eigenvalue weighted by atomic mass is 10.0. The lowest BCUT2D eigenvalue weighted by molar-refractivity contribution is 0.00515. The zero-order valence-electron chi connectivity index (χ0n) is 10.6. The van der Waals surface area contributed by atoms with Crippen molar-refractivity contribution in [3.63, 3.8) is 0 Å². The summed E-state index contributed by atoms with van der Waals surface area (Å²) in [4.78, 5) is 6.60. The molecule has 0 aromatic heterocycles. The van der Waals surface area contributed by atoms with Crippen molar-refractivity contribution < 1.29 is 9.47 Å². The van der Waals surface area contributed by atoms with Gasteiger partial charge in [-0.3, -0.25) is 4.99 Å². The van der Waals surface area contributed by atoms with Crippen molar-refractivity contribution in [2.45, 2.75) is 25.9 Å². The van der Waals surface area contributed by atoms with E-state index in [1.54, 1.807) is 0 Å². The minimum Gasteiger partial charge on any atom is -0.381 e. The third-order valence-corrected chi connectivity index (χ3v) is 3.33. The van der Waals surface area contributed by atoms with Crippen LogP contribution in [0, 0.1) is 5.92 Å². The van der Waals surface area contributed by atoms with E-state index in [4.69, 9.17) is 15.2 Å². The van der Waals surface area contributed by atoms with Gasteiger partial charge in [-0.05, 0) is 19.8 Å². The predicted molar refractivity (Wildman–Crippen MR) is 67.0 cm³/mol. The van der Waals surface area contributed by atoms with Crippen LogP contribution >= 0.6 is 0 Å². The van der Waals surface area contributed by atoms with Crippen LogP contribution in [0.4, 0.5) is 0 Å². The third kappa shape index (κ3) is 3.85. The van der Waals surface area contributed by atoms with Gasteiger partial charge in [-0.15, -0.1) is 0 Å². The summed E-state index contributed by atoms with van der Waals surface area (Å²) in [6, 6.07) is 0. The SMILES string of the molecule is CC1CN(C(N)=NCC2CCCOC2)CCO1. The van der Waals surface area contributed by atoms with E-state index in [0.717, 1.165) is 45.9 Å². The van der Waals surface area contributed by atoms with E-state index in [1.807, 2.05) is 0 Å². The fraction of sp³-hybridized carbons (Fsp3) is 0.917. The van der Waals surface area contributed by atoms with Crippen LogP contribution < -0.4 is 5.73 Å². The normalized spacial score (nSPS) is 31.6. The number of hydrogen-bond donors (Lipinski definition) is 1. The Labute approximate surface area is 103 Å². The Bertz CT molecular complexity index is 264. The Morgan fingerprint density at radius 3 is 3.06 bits per heavy atom. The summed E-state index contributed by atoms with van der Waals surface area (Å²) in [5.41, 5.74) is 6.01. The molecule has 0 bridgehead atoms. The number of morpholine rings is 1. The van der Waals surface area contributed by atoms with Gasteiger partial charge >= 0.3 is 0 Å². The maximum Gasteiger partial charge on any atom is 0.191 e. The van der Waals surface area contributed by atoms with Gasteiger partial charge < -0.3 is 20.1 Å². The molecule has 2 fully saturated rings. The second-order valence-corrected chi connectivity index (χ2v) is 4.91. The molecule has 0 radical (unpaired) electrons. The molecular weight excluding hydrogens is 218 g/mol. The molecule has 2 heterocycles.